The van der Waals surface area contributed by atoms with Crippen LogP contribution in [0.5, 0.6) is 5.75 Å². The number of hydrogen-bond donors (Lipinski definition) is 2. The minimum Gasteiger partial charge on any atom is -0.504 e. The van der Waals surface area contributed by atoms with Crippen LogP contribution in [0, 0.1) is 0 Å². The van der Waals surface area contributed by atoms with Crippen LogP contribution in [-0.4, -0.2) is 14.9 Å². The minimum atomic E-state index is -4.67. The Balaban J connectivity index is 2.66. The van der Waals surface area contributed by atoms with E-state index in [1.807, 2.05) is 0 Å². The maximum Gasteiger partial charge on any atom is 0.417 e. The average molecular weight is 306 g/mol. The summed E-state index contributed by atoms with van der Waals surface area (Å²) in [5.41, 5.74) is 3.22. The van der Waals surface area contributed by atoms with Crippen LogP contribution in [0.25, 0.3) is 5.69 Å². The molecule has 5 nitrogen and oxygen atoms in total. The van der Waals surface area contributed by atoms with Gasteiger partial charge in [-0.1, -0.05) is 11.6 Å². The van der Waals surface area contributed by atoms with Gasteiger partial charge in [-0.25, -0.2) is 0 Å². The van der Waals surface area contributed by atoms with Crippen molar-refractivity contribution in [3.63, 3.8) is 0 Å². The lowest BCUT2D eigenvalue weighted by atomic mass is 10.2. The molecule has 0 aliphatic heterocycles. The summed E-state index contributed by atoms with van der Waals surface area (Å²) in [6, 6.07) is 3.61. The lowest BCUT2D eigenvalue weighted by Crippen LogP contribution is -2.21. The molecule has 0 radical (unpaired) electrons. The molecule has 2 aromatic rings. The lowest BCUT2D eigenvalue weighted by Gasteiger charge is -2.12. The van der Waals surface area contributed by atoms with Gasteiger partial charge in [0.2, 0.25) is 0 Å². The number of aromatic hydroxyl groups is 1. The summed E-state index contributed by atoms with van der Waals surface area (Å²) in [7, 11) is 0. The van der Waals surface area contributed by atoms with Gasteiger partial charge in [0.15, 0.2) is 11.6 Å². The average Bonchev–Trinajstić information content (AvgIpc) is 2.33. The monoisotopic (exact) mass is 305 g/mol. The highest BCUT2D eigenvalue weighted by Gasteiger charge is 2.33. The fourth-order valence-corrected chi connectivity index (χ4v) is 1.73. The zero-order valence-electron chi connectivity index (χ0n) is 9.65. The van der Waals surface area contributed by atoms with Crippen molar-refractivity contribution in [3.05, 3.63) is 45.2 Å². The molecule has 9 heteroatoms. The van der Waals surface area contributed by atoms with Gasteiger partial charge in [-0.3, -0.25) is 4.79 Å². The Morgan fingerprint density at radius 3 is 2.55 bits per heavy atom. The van der Waals surface area contributed by atoms with Crippen LogP contribution >= 0.6 is 11.6 Å². The van der Waals surface area contributed by atoms with Gasteiger partial charge in [0.1, 0.15) is 0 Å². The third-order valence-corrected chi connectivity index (χ3v) is 2.77. The highest BCUT2D eigenvalue weighted by atomic mass is 35.5. The van der Waals surface area contributed by atoms with Crippen LogP contribution in [0.4, 0.5) is 19.0 Å². The van der Waals surface area contributed by atoms with Gasteiger partial charge in [0.05, 0.1) is 22.3 Å². The molecular weight excluding hydrogens is 299 g/mol. The van der Waals surface area contributed by atoms with Crippen molar-refractivity contribution in [3.8, 4) is 11.4 Å². The lowest BCUT2D eigenvalue weighted by molar-refractivity contribution is -0.137. The van der Waals surface area contributed by atoms with E-state index in [0.717, 1.165) is 12.1 Å². The van der Waals surface area contributed by atoms with Crippen LogP contribution in [0.1, 0.15) is 5.56 Å². The second kappa shape index (κ2) is 4.71. The number of benzene rings is 1. The van der Waals surface area contributed by atoms with Gasteiger partial charge in [-0.05, 0) is 18.2 Å². The number of hydrogen-bond acceptors (Lipinski definition) is 4. The topological polar surface area (TPSA) is 81.1 Å². The molecule has 1 aromatic heterocycles. The molecule has 0 spiro atoms. The van der Waals surface area contributed by atoms with Crippen molar-refractivity contribution >= 4 is 17.4 Å². The first-order chi connectivity index (χ1) is 9.20. The predicted molar refractivity (Wildman–Crippen MR) is 65.9 cm³/mol. The summed E-state index contributed by atoms with van der Waals surface area (Å²) >= 11 is 5.47. The molecule has 3 N–H and O–H groups in total. The van der Waals surface area contributed by atoms with Crippen molar-refractivity contribution in [1.82, 2.24) is 9.78 Å². The molecule has 0 saturated carbocycles. The minimum absolute atomic E-state index is 0.168. The predicted octanol–water partition coefficient (Wildman–Crippen LogP) is 2.19. The second-order valence-corrected chi connectivity index (χ2v) is 4.23. The Labute approximate surface area is 115 Å². The molecule has 2 rings (SSSR count). The number of nitrogens with zero attached hydrogens (tertiary/aromatic N) is 2. The van der Waals surface area contributed by atoms with Crippen LogP contribution in [0.3, 0.4) is 0 Å². The zero-order valence-corrected chi connectivity index (χ0v) is 10.4. The van der Waals surface area contributed by atoms with Crippen LogP contribution in [0.2, 0.25) is 5.02 Å². The first-order valence-corrected chi connectivity index (χ1v) is 5.54. The first kappa shape index (κ1) is 14.2. The van der Waals surface area contributed by atoms with Gasteiger partial charge >= 0.3 is 6.18 Å². The Morgan fingerprint density at radius 1 is 1.30 bits per heavy atom. The number of rotatable bonds is 1. The maximum atomic E-state index is 12.7. The highest BCUT2D eigenvalue weighted by Crippen LogP contribution is 2.35. The largest absolute Gasteiger partial charge is 0.504 e. The molecule has 0 atom stereocenters. The summed E-state index contributed by atoms with van der Waals surface area (Å²) < 4.78 is 38.8. The van der Waals surface area contributed by atoms with Gasteiger partial charge in [0.25, 0.3) is 5.56 Å². The van der Waals surface area contributed by atoms with E-state index >= 15 is 0 Å². The molecule has 1 aromatic carbocycles. The van der Waals surface area contributed by atoms with E-state index in [-0.39, 0.29) is 11.5 Å². The van der Waals surface area contributed by atoms with Crippen LogP contribution in [-0.2, 0) is 6.18 Å². The standard InChI is InChI=1S/C11H7ClF3N3O2/c12-7-2-1-5(3-6(7)11(13,14)15)18-9(20)4-8(19)10(16)17-18/h1-4,19H,(H2,16,17). The van der Waals surface area contributed by atoms with Gasteiger partial charge in [0, 0.05) is 0 Å². The zero-order chi connectivity index (χ0) is 15.1. The van der Waals surface area contributed by atoms with E-state index in [4.69, 9.17) is 17.3 Å². The van der Waals surface area contributed by atoms with E-state index in [1.165, 1.54) is 6.07 Å². The van der Waals surface area contributed by atoms with Crippen molar-refractivity contribution in [2.24, 2.45) is 0 Å². The van der Waals surface area contributed by atoms with Crippen molar-refractivity contribution < 1.29 is 18.3 Å². The Kier molecular flexibility index (Phi) is 3.34. The number of aromatic nitrogens is 2. The second-order valence-electron chi connectivity index (χ2n) is 3.83. The molecule has 106 valence electrons. The molecular formula is C11H7ClF3N3O2. The van der Waals surface area contributed by atoms with E-state index in [9.17, 15) is 23.1 Å². The van der Waals surface area contributed by atoms with Gasteiger partial charge < -0.3 is 10.8 Å². The van der Waals surface area contributed by atoms with Crippen LogP contribution in [0.15, 0.2) is 29.1 Å². The van der Waals surface area contributed by atoms with Gasteiger partial charge in [-0.15, -0.1) is 5.10 Å². The number of nitrogen functional groups attached to an aromatic ring is 1. The third-order valence-electron chi connectivity index (χ3n) is 2.44. The molecule has 1 heterocycles. The SMILES string of the molecule is Nc1nn(-c2ccc(Cl)c(C(F)(F)F)c2)c(=O)cc1O. The Hall–Kier alpha value is -2.22. The normalized spacial score (nSPS) is 11.6. The Bertz CT molecular complexity index is 728. The van der Waals surface area contributed by atoms with Crippen molar-refractivity contribution in [1.29, 1.82) is 0 Å². The molecule has 0 amide bonds. The maximum absolute atomic E-state index is 12.7. The fourth-order valence-electron chi connectivity index (χ4n) is 1.51. The highest BCUT2D eigenvalue weighted by molar-refractivity contribution is 6.31. The summed E-state index contributed by atoms with van der Waals surface area (Å²) in [5, 5.41) is 12.2. The summed E-state index contributed by atoms with van der Waals surface area (Å²) in [5.74, 6) is -0.927. The van der Waals surface area contributed by atoms with E-state index < -0.39 is 28.1 Å². The Morgan fingerprint density at radius 2 is 1.95 bits per heavy atom. The molecule has 20 heavy (non-hydrogen) atoms. The molecule has 0 aliphatic carbocycles. The van der Waals surface area contributed by atoms with Crippen LogP contribution < -0.4 is 11.3 Å². The molecule has 0 unspecified atom stereocenters. The van der Waals surface area contributed by atoms with E-state index in [2.05, 4.69) is 5.10 Å². The molecule has 0 aliphatic rings. The molecule has 0 saturated heterocycles. The number of nitrogens with two attached hydrogens (primary N) is 1. The summed E-state index contributed by atoms with van der Waals surface area (Å²) in [6.07, 6.45) is -4.67. The summed E-state index contributed by atoms with van der Waals surface area (Å²) in [4.78, 5) is 11.6. The van der Waals surface area contributed by atoms with Crippen molar-refractivity contribution in [2.45, 2.75) is 6.18 Å². The first-order valence-electron chi connectivity index (χ1n) is 5.16. The molecule has 0 bridgehead atoms. The van der Waals surface area contributed by atoms with E-state index in [1.54, 1.807) is 0 Å². The van der Waals surface area contributed by atoms with Gasteiger partial charge in [-0.2, -0.15) is 17.9 Å². The summed E-state index contributed by atoms with van der Waals surface area (Å²) in [6.45, 7) is 0. The number of alkyl halides is 3. The number of anilines is 1. The quantitative estimate of drug-likeness (QED) is 0.846. The molecule has 0 fully saturated rings. The van der Waals surface area contributed by atoms with Crippen molar-refractivity contribution in [2.75, 3.05) is 5.73 Å². The van der Waals surface area contributed by atoms with E-state index in [0.29, 0.717) is 10.7 Å². The fraction of sp³-hybridized carbons (Fsp3) is 0.0909. The smallest absolute Gasteiger partial charge is 0.417 e. The third kappa shape index (κ3) is 2.55. The number of halogens is 4.